The van der Waals surface area contributed by atoms with Gasteiger partial charge in [-0.15, -0.1) is 0 Å². The fraction of sp³-hybridized carbons (Fsp3) is 0.389. The van der Waals surface area contributed by atoms with Crippen LogP contribution < -0.4 is 10.1 Å². The first-order chi connectivity index (χ1) is 12.1. The van der Waals surface area contributed by atoms with Crippen LogP contribution in [-0.2, 0) is 4.79 Å². The van der Waals surface area contributed by atoms with Crippen LogP contribution in [0.25, 0.3) is 0 Å². The lowest BCUT2D eigenvalue weighted by Gasteiger charge is -2.32. The molecule has 6 nitrogen and oxygen atoms in total. The van der Waals surface area contributed by atoms with Crippen molar-refractivity contribution in [2.45, 2.75) is 19.8 Å². The number of hydrogen-bond donors (Lipinski definition) is 1. The molecule has 1 atom stereocenters. The first-order valence-corrected chi connectivity index (χ1v) is 8.35. The predicted molar refractivity (Wildman–Crippen MR) is 92.0 cm³/mol. The Balaban J connectivity index is 1.56. The highest BCUT2D eigenvalue weighted by atomic mass is 19.1. The number of aromatic nitrogens is 2. The third-order valence-electron chi connectivity index (χ3n) is 4.18. The van der Waals surface area contributed by atoms with Crippen molar-refractivity contribution in [3.05, 3.63) is 42.5 Å². The van der Waals surface area contributed by atoms with Gasteiger partial charge in [0, 0.05) is 26.6 Å². The summed E-state index contributed by atoms with van der Waals surface area (Å²) in [6.45, 7) is 3.93. The second-order valence-corrected chi connectivity index (χ2v) is 6.15. The number of ether oxygens (including phenoxy) is 1. The minimum Gasteiger partial charge on any atom is -0.437 e. The van der Waals surface area contributed by atoms with E-state index in [2.05, 4.69) is 15.3 Å². The summed E-state index contributed by atoms with van der Waals surface area (Å²) >= 11 is 0. The van der Waals surface area contributed by atoms with Crippen molar-refractivity contribution >= 4 is 11.7 Å². The molecule has 1 amide bonds. The Morgan fingerprint density at radius 2 is 2.16 bits per heavy atom. The molecule has 1 aliphatic rings. The highest BCUT2D eigenvalue weighted by Crippen LogP contribution is 2.21. The minimum absolute atomic E-state index is 0.124. The largest absolute Gasteiger partial charge is 0.437 e. The number of amides is 1. The third kappa shape index (κ3) is 4.89. The highest BCUT2D eigenvalue weighted by molar-refractivity contribution is 5.73. The normalized spacial score (nSPS) is 17.2. The molecule has 1 saturated heterocycles. The van der Waals surface area contributed by atoms with E-state index in [0.717, 1.165) is 32.5 Å². The predicted octanol–water partition coefficient (Wildman–Crippen LogP) is 3.08. The molecule has 0 radical (unpaired) electrons. The second kappa shape index (κ2) is 7.92. The Morgan fingerprint density at radius 3 is 2.92 bits per heavy atom. The number of benzene rings is 1. The van der Waals surface area contributed by atoms with Gasteiger partial charge in [-0.1, -0.05) is 0 Å². The minimum atomic E-state index is -0.319. The molecular weight excluding hydrogens is 323 g/mol. The fourth-order valence-corrected chi connectivity index (χ4v) is 2.87. The molecule has 7 heteroatoms. The highest BCUT2D eigenvalue weighted by Gasteiger charge is 2.21. The van der Waals surface area contributed by atoms with E-state index in [1.54, 1.807) is 13.1 Å². The van der Waals surface area contributed by atoms with E-state index in [-0.39, 0.29) is 11.7 Å². The van der Waals surface area contributed by atoms with Gasteiger partial charge in [-0.05, 0) is 43.0 Å². The van der Waals surface area contributed by atoms with E-state index in [0.29, 0.717) is 23.4 Å². The van der Waals surface area contributed by atoms with Gasteiger partial charge in [0.2, 0.25) is 11.8 Å². The lowest BCUT2D eigenvalue weighted by molar-refractivity contribution is -0.130. The number of likely N-dealkylation sites (tertiary alicyclic amines) is 1. The molecule has 3 rings (SSSR count). The molecule has 1 fully saturated rings. The van der Waals surface area contributed by atoms with E-state index in [4.69, 9.17) is 4.74 Å². The topological polar surface area (TPSA) is 67.4 Å². The summed E-state index contributed by atoms with van der Waals surface area (Å²) in [6.07, 6.45) is 5.23. The molecule has 2 heterocycles. The summed E-state index contributed by atoms with van der Waals surface area (Å²) in [7, 11) is 0. The molecular formula is C18H21FN4O2. The van der Waals surface area contributed by atoms with Crippen molar-refractivity contribution in [2.75, 3.05) is 25.0 Å². The van der Waals surface area contributed by atoms with E-state index in [1.165, 1.54) is 30.5 Å². The molecule has 0 spiro atoms. The molecule has 1 N–H and O–H groups in total. The first-order valence-electron chi connectivity index (χ1n) is 8.35. The van der Waals surface area contributed by atoms with Crippen molar-refractivity contribution in [2.24, 2.45) is 5.92 Å². The van der Waals surface area contributed by atoms with E-state index in [1.807, 2.05) is 4.90 Å². The van der Waals surface area contributed by atoms with Crippen LogP contribution in [0.1, 0.15) is 19.8 Å². The SMILES string of the molecule is CC(=O)N1CCCC(CNc2cncc(Oc3ccc(F)cc3)n2)C1. The number of halogens is 1. The maximum atomic E-state index is 12.9. The van der Waals surface area contributed by atoms with Crippen LogP contribution in [0.3, 0.4) is 0 Å². The number of piperidine rings is 1. The summed E-state index contributed by atoms with van der Waals surface area (Å²) < 4.78 is 18.5. The lowest BCUT2D eigenvalue weighted by atomic mass is 9.98. The third-order valence-corrected chi connectivity index (χ3v) is 4.18. The van der Waals surface area contributed by atoms with Crippen molar-refractivity contribution in [3.8, 4) is 11.6 Å². The van der Waals surface area contributed by atoms with Crippen molar-refractivity contribution in [1.29, 1.82) is 0 Å². The molecule has 1 aromatic heterocycles. The van der Waals surface area contributed by atoms with Crippen molar-refractivity contribution in [1.82, 2.24) is 14.9 Å². The van der Waals surface area contributed by atoms with Crippen molar-refractivity contribution < 1.29 is 13.9 Å². The van der Waals surface area contributed by atoms with Gasteiger partial charge in [0.25, 0.3) is 0 Å². The Morgan fingerprint density at radius 1 is 1.36 bits per heavy atom. The van der Waals surface area contributed by atoms with E-state index >= 15 is 0 Å². The fourth-order valence-electron chi connectivity index (χ4n) is 2.87. The number of anilines is 1. The number of rotatable bonds is 5. The van der Waals surface area contributed by atoms with Crippen LogP contribution in [-0.4, -0.2) is 40.4 Å². The summed E-state index contributed by atoms with van der Waals surface area (Å²) in [5.41, 5.74) is 0. The van der Waals surface area contributed by atoms with Gasteiger partial charge in [-0.2, -0.15) is 4.98 Å². The monoisotopic (exact) mass is 344 g/mol. The van der Waals surface area contributed by atoms with E-state index in [9.17, 15) is 9.18 Å². The summed E-state index contributed by atoms with van der Waals surface area (Å²) in [4.78, 5) is 21.9. The molecule has 0 bridgehead atoms. The van der Waals surface area contributed by atoms with Crippen LogP contribution in [0.15, 0.2) is 36.7 Å². The number of carbonyl (C=O) groups excluding carboxylic acids is 1. The smallest absolute Gasteiger partial charge is 0.239 e. The molecule has 0 saturated carbocycles. The number of hydrogen-bond acceptors (Lipinski definition) is 5. The molecule has 132 valence electrons. The quantitative estimate of drug-likeness (QED) is 0.903. The number of nitrogens with one attached hydrogen (secondary N) is 1. The molecule has 2 aromatic rings. The van der Waals surface area contributed by atoms with Crippen LogP contribution >= 0.6 is 0 Å². The molecule has 0 aliphatic carbocycles. The van der Waals surface area contributed by atoms with Gasteiger partial charge < -0.3 is 15.0 Å². The zero-order valence-electron chi connectivity index (χ0n) is 14.1. The lowest BCUT2D eigenvalue weighted by Crippen LogP contribution is -2.40. The maximum absolute atomic E-state index is 12.9. The zero-order valence-corrected chi connectivity index (χ0v) is 14.1. The molecule has 1 unspecified atom stereocenters. The molecule has 25 heavy (non-hydrogen) atoms. The van der Waals surface area contributed by atoms with Crippen LogP contribution in [0.5, 0.6) is 11.6 Å². The van der Waals surface area contributed by atoms with Gasteiger partial charge in [0.05, 0.1) is 12.4 Å². The Kier molecular flexibility index (Phi) is 5.42. The summed E-state index contributed by atoms with van der Waals surface area (Å²) in [5.74, 6) is 1.64. The van der Waals surface area contributed by atoms with Crippen LogP contribution in [0.4, 0.5) is 10.2 Å². The average Bonchev–Trinajstić information content (AvgIpc) is 2.62. The van der Waals surface area contributed by atoms with Crippen LogP contribution in [0.2, 0.25) is 0 Å². The Bertz CT molecular complexity index is 723. The molecule has 1 aromatic carbocycles. The number of carbonyl (C=O) groups is 1. The van der Waals surface area contributed by atoms with Crippen molar-refractivity contribution in [3.63, 3.8) is 0 Å². The van der Waals surface area contributed by atoms with Gasteiger partial charge >= 0.3 is 0 Å². The van der Waals surface area contributed by atoms with E-state index < -0.39 is 0 Å². The molecule has 1 aliphatic heterocycles. The Labute approximate surface area is 146 Å². The standard InChI is InChI=1S/C18H21FN4O2/c1-13(24)23-8-2-3-14(12-23)9-21-17-10-20-11-18(22-17)25-16-6-4-15(19)5-7-16/h4-7,10-11,14H,2-3,8-9,12H2,1H3,(H,21,22). The zero-order chi connectivity index (χ0) is 17.6. The maximum Gasteiger partial charge on any atom is 0.239 e. The first kappa shape index (κ1) is 17.1. The van der Waals surface area contributed by atoms with Crippen LogP contribution in [0, 0.1) is 11.7 Å². The summed E-state index contributed by atoms with van der Waals surface area (Å²) in [5, 5.41) is 3.26. The number of nitrogens with zero attached hydrogens (tertiary/aromatic N) is 3. The van der Waals surface area contributed by atoms with Gasteiger partial charge in [0.15, 0.2) is 0 Å². The van der Waals surface area contributed by atoms with Gasteiger partial charge in [0.1, 0.15) is 17.4 Å². The van der Waals surface area contributed by atoms with Gasteiger partial charge in [-0.25, -0.2) is 4.39 Å². The second-order valence-electron chi connectivity index (χ2n) is 6.15. The summed E-state index contributed by atoms with van der Waals surface area (Å²) in [6, 6.07) is 5.73. The van der Waals surface area contributed by atoms with Gasteiger partial charge in [-0.3, -0.25) is 9.78 Å². The Hall–Kier alpha value is -2.70. The average molecular weight is 344 g/mol.